The summed E-state index contributed by atoms with van der Waals surface area (Å²) in [5.74, 6) is -4.56. The number of para-hydroxylation sites is 1. The molecule has 0 saturated heterocycles. The molecular formula is C27H14N7Na5O9S. The molecule has 3 N–H and O–H groups in total. The maximum absolute atomic E-state index is 12.3. The van der Waals surface area contributed by atoms with Crippen LogP contribution in [0.2, 0.25) is 0 Å². The standard InChI is InChI=1S/C27H18N7O9S.5Na/c35-22-19(34-33-18-8-4-2-6-16(18)24(38)39)10-9-13-11-14(44(41,42)43)12-20(21(13)22)29-26-30-25(31-27(40)32-26)28-17-7-3-1-5-15(17)23(36)37;;;;;/h1-9,11-12,35H,(H,36,37)(H,38,39)(H,41,42,43)(H3,28,29,30,31,32,40);;;;;/q-1;5*+1/p-4. The van der Waals surface area contributed by atoms with E-state index in [-0.39, 0.29) is 192 Å². The number of fused-ring (bicyclic) bond motifs is 1. The van der Waals surface area contributed by atoms with Crippen LogP contribution in [0.1, 0.15) is 20.7 Å². The normalized spacial score (nSPS) is 10.3. The molecule has 0 amide bonds. The molecule has 0 aliphatic carbocycles. The Morgan fingerprint density at radius 2 is 1.33 bits per heavy atom. The number of hydrogen-bond acceptors (Lipinski definition) is 16. The molecule has 22 heteroatoms. The van der Waals surface area contributed by atoms with E-state index in [9.17, 15) is 43.0 Å². The van der Waals surface area contributed by atoms with Gasteiger partial charge < -0.3 is 45.2 Å². The number of nitrogens with one attached hydrogen (secondary N) is 2. The number of phenolic OH excluding ortho intramolecular Hbond substituents is 1. The van der Waals surface area contributed by atoms with E-state index in [0.29, 0.717) is 0 Å². The molecule has 0 fully saturated rings. The van der Waals surface area contributed by atoms with E-state index in [0.717, 1.165) is 12.1 Å². The zero-order chi connectivity index (χ0) is 31.6. The topological polar surface area (TPSA) is 268 Å². The van der Waals surface area contributed by atoms with Gasteiger partial charge in [0.2, 0.25) is 11.9 Å². The maximum atomic E-state index is 12.3. The average molecular weight is 727 g/mol. The van der Waals surface area contributed by atoms with Crippen LogP contribution in [0.3, 0.4) is 0 Å². The van der Waals surface area contributed by atoms with Crippen molar-refractivity contribution >= 4 is 67.5 Å². The van der Waals surface area contributed by atoms with Crippen molar-refractivity contribution in [3.63, 3.8) is 0 Å². The first-order valence-electron chi connectivity index (χ1n) is 12.1. The number of rotatable bonds is 9. The zero-order valence-electron chi connectivity index (χ0n) is 26.7. The monoisotopic (exact) mass is 727 g/mol. The number of hydrogen-bond donors (Lipinski definition) is 3. The first kappa shape index (κ1) is 47.8. The molecule has 0 radical (unpaired) electrons. The summed E-state index contributed by atoms with van der Waals surface area (Å²) >= 11 is 0. The minimum Gasteiger partial charge on any atom is -0.844 e. The Bertz CT molecular complexity index is 2130. The van der Waals surface area contributed by atoms with Crippen molar-refractivity contribution in [2.24, 2.45) is 10.2 Å². The quantitative estimate of drug-likeness (QED) is 0.0551. The molecule has 4 aromatic carbocycles. The van der Waals surface area contributed by atoms with Gasteiger partial charge in [0.1, 0.15) is 10.1 Å². The van der Waals surface area contributed by atoms with Crippen molar-refractivity contribution in [1.82, 2.24) is 15.0 Å². The minimum atomic E-state index is -5.04. The summed E-state index contributed by atoms with van der Waals surface area (Å²) in [5, 5.41) is 58.8. The Morgan fingerprint density at radius 3 is 1.92 bits per heavy atom. The van der Waals surface area contributed by atoms with Crippen LogP contribution in [0.4, 0.5) is 34.6 Å². The molecule has 0 unspecified atom stereocenters. The number of aromatic nitrogens is 3. The van der Waals surface area contributed by atoms with Crippen molar-refractivity contribution in [2.45, 2.75) is 4.90 Å². The fourth-order valence-corrected chi connectivity index (χ4v) is 4.52. The molecule has 0 saturated carbocycles. The van der Waals surface area contributed by atoms with Crippen molar-refractivity contribution < 1.29 is 191 Å². The minimum absolute atomic E-state index is 0. The van der Waals surface area contributed by atoms with Gasteiger partial charge in [-0.25, -0.2) is 18.4 Å². The summed E-state index contributed by atoms with van der Waals surface area (Å²) in [7, 11) is -5.04. The predicted octanol–water partition coefficient (Wildman–Crippen LogP) is -13.8. The largest absolute Gasteiger partial charge is 1.00 e. The molecule has 0 bridgehead atoms. The summed E-state index contributed by atoms with van der Waals surface area (Å²) in [5.41, 5.74) is -1.25. The van der Waals surface area contributed by atoms with Gasteiger partial charge in [-0.2, -0.15) is 27.3 Å². The van der Waals surface area contributed by atoms with Crippen LogP contribution in [-0.2, 0) is 10.1 Å². The molecule has 16 nitrogen and oxygen atoms in total. The first-order chi connectivity index (χ1) is 20.9. The molecule has 222 valence electrons. The van der Waals surface area contributed by atoms with E-state index in [4.69, 9.17) is 0 Å². The number of azo groups is 1. The van der Waals surface area contributed by atoms with Gasteiger partial charge >= 0.3 is 148 Å². The first-order valence-corrected chi connectivity index (χ1v) is 13.5. The molecule has 49 heavy (non-hydrogen) atoms. The van der Waals surface area contributed by atoms with Crippen LogP contribution in [0, 0.1) is 6.07 Å². The second-order valence-electron chi connectivity index (χ2n) is 8.73. The fourth-order valence-electron chi connectivity index (χ4n) is 3.98. The van der Waals surface area contributed by atoms with Gasteiger partial charge in [-0.1, -0.05) is 47.9 Å². The van der Waals surface area contributed by atoms with E-state index in [1.54, 1.807) is 0 Å². The Balaban J connectivity index is 0.00000461. The molecule has 0 aliphatic heterocycles. The van der Waals surface area contributed by atoms with Crippen LogP contribution in [0.25, 0.3) is 10.8 Å². The van der Waals surface area contributed by atoms with Crippen LogP contribution < -0.4 is 174 Å². The fraction of sp³-hybridized carbons (Fsp3) is 0. The zero-order valence-corrected chi connectivity index (χ0v) is 37.5. The van der Waals surface area contributed by atoms with E-state index >= 15 is 0 Å². The SMILES string of the molecule is O=C([O-])c1ccccc1N=Nc1[c-]cc2cc(S(=O)(=O)[O-])cc(Nc3nc([O-])nc(Nc4ccccc4C(=O)[O-])n3)c2c1O.[Na+].[Na+].[Na+].[Na+].[Na+]. The van der Waals surface area contributed by atoms with Gasteiger partial charge in [0.05, 0.1) is 23.6 Å². The van der Waals surface area contributed by atoms with Crippen LogP contribution in [-0.4, -0.2) is 45.0 Å². The molecule has 0 aliphatic rings. The summed E-state index contributed by atoms with van der Waals surface area (Å²) in [6.45, 7) is 0. The van der Waals surface area contributed by atoms with E-state index in [2.05, 4.69) is 41.9 Å². The molecular weight excluding hydrogens is 713 g/mol. The number of carbonyl (C=O) groups is 2. The van der Waals surface area contributed by atoms with Gasteiger partial charge in [0.25, 0.3) is 0 Å². The van der Waals surface area contributed by atoms with E-state index < -0.39 is 50.6 Å². The van der Waals surface area contributed by atoms with Crippen LogP contribution in [0.15, 0.2) is 81.9 Å². The molecule has 1 heterocycles. The predicted molar refractivity (Wildman–Crippen MR) is 144 cm³/mol. The number of aromatic hydroxyl groups is 1. The van der Waals surface area contributed by atoms with E-state index in [1.165, 1.54) is 54.6 Å². The molecule has 0 atom stereocenters. The van der Waals surface area contributed by atoms with Crippen molar-refractivity contribution in [3.8, 4) is 11.8 Å². The van der Waals surface area contributed by atoms with Gasteiger partial charge in [-0.05, 0) is 18.2 Å². The van der Waals surface area contributed by atoms with Crippen LogP contribution in [0.5, 0.6) is 11.8 Å². The second-order valence-corrected chi connectivity index (χ2v) is 10.1. The Kier molecular flexibility index (Phi) is 20.2. The summed E-state index contributed by atoms with van der Waals surface area (Å²) in [6.07, 6.45) is 0. The Labute approximate surface area is 388 Å². The number of aromatic carboxylic acids is 2. The number of benzene rings is 4. The summed E-state index contributed by atoms with van der Waals surface area (Å²) in [6, 6.07) is 15.5. The van der Waals surface area contributed by atoms with Gasteiger partial charge in [-0.3, -0.25) is 0 Å². The number of carboxylic acid groups (broad SMARTS) is 2. The third kappa shape index (κ3) is 11.9. The third-order valence-corrected chi connectivity index (χ3v) is 6.71. The summed E-state index contributed by atoms with van der Waals surface area (Å²) in [4.78, 5) is 33.3. The number of carbonyl (C=O) groups excluding carboxylic acids is 2. The average Bonchev–Trinajstić information content (AvgIpc) is 2.96. The summed E-state index contributed by atoms with van der Waals surface area (Å²) < 4.78 is 35.6. The number of phenols is 1. The van der Waals surface area contributed by atoms with Crippen LogP contribution >= 0.6 is 0 Å². The maximum Gasteiger partial charge on any atom is 1.00 e. The Morgan fingerprint density at radius 1 is 0.776 bits per heavy atom. The van der Waals surface area contributed by atoms with Crippen molar-refractivity contribution in [2.75, 3.05) is 10.6 Å². The number of anilines is 4. The Hall–Kier alpha value is -1.20. The smallest absolute Gasteiger partial charge is 0.844 e. The van der Waals surface area contributed by atoms with Gasteiger partial charge in [0, 0.05) is 38.8 Å². The molecule has 5 aromatic rings. The second kappa shape index (κ2) is 20.7. The number of nitrogens with zero attached hydrogens (tertiary/aromatic N) is 5. The number of carboxylic acids is 2. The van der Waals surface area contributed by atoms with E-state index in [1.807, 2.05) is 0 Å². The molecule has 1 aromatic heterocycles. The van der Waals surface area contributed by atoms with Gasteiger partial charge in [-0.15, -0.1) is 5.39 Å². The third-order valence-electron chi connectivity index (χ3n) is 5.89. The molecule has 5 rings (SSSR count). The van der Waals surface area contributed by atoms with Gasteiger partial charge in [0.15, 0.2) is 0 Å². The van der Waals surface area contributed by atoms with Crippen molar-refractivity contribution in [1.29, 1.82) is 0 Å². The molecule has 0 spiro atoms. The van der Waals surface area contributed by atoms with Crippen molar-refractivity contribution in [3.05, 3.63) is 83.9 Å².